The molecule has 1 N–H and O–H groups in total. The molecule has 0 bridgehead atoms. The standard InChI is InChI=1S/C13H17BrO4/c1-9(2)8-17-5-6-18-10-3-4-12(14)11(7-10)13(15)16/h3-4,7,9H,5-6,8H2,1-2H3,(H,15,16). The maximum absolute atomic E-state index is 10.9. The third-order valence-corrected chi connectivity index (χ3v) is 2.81. The maximum atomic E-state index is 10.9. The van der Waals surface area contributed by atoms with Crippen LogP contribution in [0.1, 0.15) is 24.2 Å². The van der Waals surface area contributed by atoms with E-state index in [0.29, 0.717) is 36.0 Å². The molecular weight excluding hydrogens is 300 g/mol. The van der Waals surface area contributed by atoms with Crippen molar-refractivity contribution >= 4 is 21.9 Å². The minimum atomic E-state index is -0.983. The summed E-state index contributed by atoms with van der Waals surface area (Å²) in [4.78, 5) is 10.9. The Morgan fingerprint density at radius 2 is 2.11 bits per heavy atom. The van der Waals surface area contributed by atoms with Crippen LogP contribution in [0.5, 0.6) is 5.75 Å². The van der Waals surface area contributed by atoms with Crippen LogP contribution in [0.25, 0.3) is 0 Å². The Labute approximate surface area is 115 Å². The number of hydrogen-bond donors (Lipinski definition) is 1. The third kappa shape index (κ3) is 5.06. The molecule has 5 heteroatoms. The highest BCUT2D eigenvalue weighted by Gasteiger charge is 2.09. The first-order chi connectivity index (χ1) is 8.50. The summed E-state index contributed by atoms with van der Waals surface area (Å²) in [6, 6.07) is 4.88. The van der Waals surface area contributed by atoms with Crippen LogP contribution in [-0.4, -0.2) is 30.9 Å². The molecule has 18 heavy (non-hydrogen) atoms. The van der Waals surface area contributed by atoms with Crippen molar-refractivity contribution in [1.29, 1.82) is 0 Å². The van der Waals surface area contributed by atoms with E-state index in [2.05, 4.69) is 29.8 Å². The van der Waals surface area contributed by atoms with E-state index in [0.717, 1.165) is 0 Å². The summed E-state index contributed by atoms with van der Waals surface area (Å²) in [5, 5.41) is 8.95. The molecule has 0 saturated carbocycles. The van der Waals surface area contributed by atoms with Crippen LogP contribution in [0.4, 0.5) is 0 Å². The van der Waals surface area contributed by atoms with Crippen molar-refractivity contribution in [3.05, 3.63) is 28.2 Å². The maximum Gasteiger partial charge on any atom is 0.336 e. The highest BCUT2D eigenvalue weighted by molar-refractivity contribution is 9.10. The molecule has 0 aliphatic heterocycles. The Hall–Kier alpha value is -1.07. The molecule has 1 aromatic carbocycles. The second kappa shape index (κ2) is 7.38. The first kappa shape index (κ1) is 15.0. The van der Waals surface area contributed by atoms with Gasteiger partial charge < -0.3 is 14.6 Å². The molecule has 0 fully saturated rings. The fourth-order valence-corrected chi connectivity index (χ4v) is 1.71. The number of carbonyl (C=O) groups is 1. The Balaban J connectivity index is 2.43. The molecule has 0 radical (unpaired) electrons. The molecule has 0 aromatic heterocycles. The zero-order chi connectivity index (χ0) is 13.5. The Bertz CT molecular complexity index is 404. The minimum absolute atomic E-state index is 0.190. The first-order valence-corrected chi connectivity index (χ1v) is 6.53. The number of rotatable bonds is 7. The smallest absolute Gasteiger partial charge is 0.336 e. The topological polar surface area (TPSA) is 55.8 Å². The van der Waals surface area contributed by atoms with Gasteiger partial charge in [0.25, 0.3) is 0 Å². The van der Waals surface area contributed by atoms with Gasteiger partial charge in [0.15, 0.2) is 0 Å². The van der Waals surface area contributed by atoms with E-state index < -0.39 is 5.97 Å². The van der Waals surface area contributed by atoms with E-state index in [4.69, 9.17) is 14.6 Å². The van der Waals surface area contributed by atoms with Gasteiger partial charge >= 0.3 is 5.97 Å². The fraction of sp³-hybridized carbons (Fsp3) is 0.462. The van der Waals surface area contributed by atoms with Crippen LogP contribution in [0.15, 0.2) is 22.7 Å². The molecule has 0 amide bonds. The second-order valence-electron chi connectivity index (χ2n) is 4.26. The van der Waals surface area contributed by atoms with Crippen molar-refractivity contribution in [2.75, 3.05) is 19.8 Å². The second-order valence-corrected chi connectivity index (χ2v) is 5.12. The molecular formula is C13H17BrO4. The molecule has 4 nitrogen and oxygen atoms in total. The van der Waals surface area contributed by atoms with Gasteiger partial charge in [-0.2, -0.15) is 0 Å². The van der Waals surface area contributed by atoms with Crippen LogP contribution in [0, 0.1) is 5.92 Å². The largest absolute Gasteiger partial charge is 0.491 e. The summed E-state index contributed by atoms with van der Waals surface area (Å²) in [5.41, 5.74) is 0.190. The van der Waals surface area contributed by atoms with Gasteiger partial charge in [-0.25, -0.2) is 4.79 Å². The van der Waals surface area contributed by atoms with Crippen molar-refractivity contribution in [2.45, 2.75) is 13.8 Å². The Morgan fingerprint density at radius 3 is 2.72 bits per heavy atom. The van der Waals surface area contributed by atoms with E-state index in [1.54, 1.807) is 12.1 Å². The molecule has 1 aromatic rings. The average Bonchev–Trinajstić information content (AvgIpc) is 2.30. The quantitative estimate of drug-likeness (QED) is 0.785. The fourth-order valence-electron chi connectivity index (χ4n) is 1.30. The summed E-state index contributed by atoms with van der Waals surface area (Å²) in [6.45, 7) is 5.76. The van der Waals surface area contributed by atoms with Crippen molar-refractivity contribution in [2.24, 2.45) is 5.92 Å². The van der Waals surface area contributed by atoms with Gasteiger partial charge in [-0.1, -0.05) is 13.8 Å². The number of benzene rings is 1. The summed E-state index contributed by atoms with van der Waals surface area (Å²) in [7, 11) is 0. The van der Waals surface area contributed by atoms with Gasteiger partial charge in [-0.15, -0.1) is 0 Å². The monoisotopic (exact) mass is 316 g/mol. The summed E-state index contributed by atoms with van der Waals surface area (Å²) in [6.07, 6.45) is 0. The van der Waals surface area contributed by atoms with Gasteiger partial charge in [-0.05, 0) is 40.0 Å². The lowest BCUT2D eigenvalue weighted by molar-refractivity contribution is 0.0694. The van der Waals surface area contributed by atoms with Crippen LogP contribution in [-0.2, 0) is 4.74 Å². The lowest BCUT2D eigenvalue weighted by Crippen LogP contribution is -2.10. The number of carboxylic acids is 1. The highest BCUT2D eigenvalue weighted by Crippen LogP contribution is 2.22. The van der Waals surface area contributed by atoms with E-state index >= 15 is 0 Å². The van der Waals surface area contributed by atoms with Gasteiger partial charge in [0.2, 0.25) is 0 Å². The van der Waals surface area contributed by atoms with Crippen molar-refractivity contribution in [3.8, 4) is 5.75 Å². The van der Waals surface area contributed by atoms with E-state index in [1.165, 1.54) is 6.07 Å². The van der Waals surface area contributed by atoms with E-state index in [-0.39, 0.29) is 5.56 Å². The zero-order valence-electron chi connectivity index (χ0n) is 10.5. The lowest BCUT2D eigenvalue weighted by atomic mass is 10.2. The van der Waals surface area contributed by atoms with Gasteiger partial charge in [-0.3, -0.25) is 0 Å². The van der Waals surface area contributed by atoms with Crippen LogP contribution >= 0.6 is 15.9 Å². The number of hydrogen-bond acceptors (Lipinski definition) is 3. The van der Waals surface area contributed by atoms with Gasteiger partial charge in [0.05, 0.1) is 12.2 Å². The highest BCUT2D eigenvalue weighted by atomic mass is 79.9. The third-order valence-electron chi connectivity index (χ3n) is 2.12. The SMILES string of the molecule is CC(C)COCCOc1ccc(Br)c(C(=O)O)c1. The van der Waals surface area contributed by atoms with Crippen molar-refractivity contribution in [1.82, 2.24) is 0 Å². The molecule has 0 spiro atoms. The summed E-state index contributed by atoms with van der Waals surface area (Å²) < 4.78 is 11.3. The first-order valence-electron chi connectivity index (χ1n) is 5.74. The van der Waals surface area contributed by atoms with Crippen molar-refractivity contribution in [3.63, 3.8) is 0 Å². The lowest BCUT2D eigenvalue weighted by Gasteiger charge is -2.09. The Kier molecular flexibility index (Phi) is 6.15. The number of ether oxygens (including phenoxy) is 2. The van der Waals surface area contributed by atoms with Gasteiger partial charge in [0.1, 0.15) is 12.4 Å². The molecule has 0 atom stereocenters. The molecule has 0 unspecified atom stereocenters. The van der Waals surface area contributed by atoms with Crippen LogP contribution in [0.2, 0.25) is 0 Å². The van der Waals surface area contributed by atoms with Crippen LogP contribution < -0.4 is 4.74 Å². The average molecular weight is 317 g/mol. The predicted molar refractivity (Wildman–Crippen MR) is 72.3 cm³/mol. The van der Waals surface area contributed by atoms with Crippen molar-refractivity contribution < 1.29 is 19.4 Å². The number of aromatic carboxylic acids is 1. The van der Waals surface area contributed by atoms with Crippen LogP contribution in [0.3, 0.4) is 0 Å². The molecule has 0 saturated heterocycles. The predicted octanol–water partition coefficient (Wildman–Crippen LogP) is 3.20. The Morgan fingerprint density at radius 1 is 1.39 bits per heavy atom. The molecule has 0 heterocycles. The minimum Gasteiger partial charge on any atom is -0.491 e. The van der Waals surface area contributed by atoms with E-state index in [9.17, 15) is 4.79 Å². The number of halogens is 1. The number of carboxylic acid groups (broad SMARTS) is 1. The molecule has 0 aliphatic rings. The van der Waals surface area contributed by atoms with E-state index in [1.807, 2.05) is 0 Å². The molecule has 0 aliphatic carbocycles. The molecule has 100 valence electrons. The normalized spacial score (nSPS) is 10.7. The summed E-state index contributed by atoms with van der Waals surface area (Å²) >= 11 is 3.18. The zero-order valence-corrected chi connectivity index (χ0v) is 12.1. The molecule has 1 rings (SSSR count). The summed E-state index contributed by atoms with van der Waals surface area (Å²) in [5.74, 6) is 0.0448. The van der Waals surface area contributed by atoms with Gasteiger partial charge in [0, 0.05) is 11.1 Å².